The molecule has 0 aliphatic rings. The van der Waals surface area contributed by atoms with E-state index in [0.717, 1.165) is 33.2 Å². The van der Waals surface area contributed by atoms with Crippen LogP contribution in [0.25, 0.3) is 10.9 Å². The van der Waals surface area contributed by atoms with Crippen LogP contribution in [-0.4, -0.2) is 43.5 Å². The molecule has 0 amide bonds. The van der Waals surface area contributed by atoms with Crippen LogP contribution in [0.3, 0.4) is 0 Å². The van der Waals surface area contributed by atoms with E-state index in [1.807, 2.05) is 72.2 Å². The minimum atomic E-state index is -0.932. The third-order valence-electron chi connectivity index (χ3n) is 6.53. The summed E-state index contributed by atoms with van der Waals surface area (Å²) in [5, 5.41) is 14.6. The minimum absolute atomic E-state index is 0.315. The quantitative estimate of drug-likeness (QED) is 0.288. The fourth-order valence-electron chi connectivity index (χ4n) is 4.72. The van der Waals surface area contributed by atoms with E-state index in [2.05, 4.69) is 5.32 Å². The van der Waals surface area contributed by atoms with E-state index >= 15 is 0 Å². The van der Waals surface area contributed by atoms with Crippen molar-refractivity contribution in [1.29, 1.82) is 0 Å². The number of ether oxygens (including phenoxy) is 3. The maximum absolute atomic E-state index is 12.5. The third kappa shape index (κ3) is 4.88. The monoisotopic (exact) mass is 488 g/mol. The van der Waals surface area contributed by atoms with E-state index in [1.54, 1.807) is 21.3 Å². The number of rotatable bonds is 11. The van der Waals surface area contributed by atoms with Crippen LogP contribution in [0.15, 0.2) is 60.7 Å². The van der Waals surface area contributed by atoms with Crippen LogP contribution in [0.5, 0.6) is 17.2 Å². The van der Waals surface area contributed by atoms with E-state index in [9.17, 15) is 9.90 Å². The van der Waals surface area contributed by atoms with E-state index < -0.39 is 5.97 Å². The lowest BCUT2D eigenvalue weighted by Crippen LogP contribution is -2.20. The summed E-state index contributed by atoms with van der Waals surface area (Å²) in [6.45, 7) is 3.60. The fourth-order valence-corrected chi connectivity index (χ4v) is 4.72. The maximum Gasteiger partial charge on any atom is 0.352 e. The minimum Gasteiger partial charge on any atom is -0.493 e. The van der Waals surface area contributed by atoms with Gasteiger partial charge in [-0.3, -0.25) is 0 Å². The highest BCUT2D eigenvalue weighted by molar-refractivity contribution is 5.98. The number of hydrogen-bond donors (Lipinski definition) is 2. The van der Waals surface area contributed by atoms with Crippen LogP contribution in [0.2, 0.25) is 0 Å². The average molecular weight is 489 g/mol. The van der Waals surface area contributed by atoms with E-state index in [4.69, 9.17) is 14.2 Å². The number of aromatic carboxylic acids is 1. The summed E-state index contributed by atoms with van der Waals surface area (Å²) in [6, 6.07) is 19.8. The molecule has 0 aliphatic heterocycles. The van der Waals surface area contributed by atoms with E-state index in [1.165, 1.54) is 0 Å². The zero-order valence-electron chi connectivity index (χ0n) is 21.1. The average Bonchev–Trinajstić information content (AvgIpc) is 3.20. The molecule has 0 saturated heterocycles. The maximum atomic E-state index is 12.5. The van der Waals surface area contributed by atoms with Crippen molar-refractivity contribution in [3.63, 3.8) is 0 Å². The van der Waals surface area contributed by atoms with E-state index in [-0.39, 0.29) is 0 Å². The number of nitrogens with zero attached hydrogens (tertiary/aromatic N) is 1. The highest BCUT2D eigenvalue weighted by atomic mass is 16.5. The standard InChI is InChI=1S/C29H32N2O5/c1-19-9-5-6-10-21(19)18-31-24-12-8-7-11-22(24)23(26(31)29(32)33)17-30-16-15-20-13-14-25(34-2)28(36-4)27(20)35-3/h5-14,30H,15-18H2,1-4H3,(H,32,33). The first kappa shape index (κ1) is 25.1. The third-order valence-corrected chi connectivity index (χ3v) is 6.53. The van der Waals surface area contributed by atoms with Crippen LogP contribution in [-0.2, 0) is 19.5 Å². The molecule has 2 N–H and O–H groups in total. The van der Waals surface area contributed by atoms with Crippen molar-refractivity contribution < 1.29 is 24.1 Å². The first-order valence-electron chi connectivity index (χ1n) is 11.9. The fraction of sp³-hybridized carbons (Fsp3) is 0.276. The molecule has 0 fully saturated rings. The molecule has 0 bridgehead atoms. The smallest absolute Gasteiger partial charge is 0.352 e. The lowest BCUT2D eigenvalue weighted by atomic mass is 10.1. The normalized spacial score (nSPS) is 11.0. The number of fused-ring (bicyclic) bond motifs is 1. The van der Waals surface area contributed by atoms with Gasteiger partial charge < -0.3 is 29.2 Å². The van der Waals surface area contributed by atoms with Gasteiger partial charge in [-0.05, 0) is 48.7 Å². The largest absolute Gasteiger partial charge is 0.493 e. The lowest BCUT2D eigenvalue weighted by molar-refractivity contribution is 0.0684. The van der Waals surface area contributed by atoms with Crippen molar-refractivity contribution in [1.82, 2.24) is 9.88 Å². The molecule has 3 aromatic carbocycles. The first-order valence-corrected chi connectivity index (χ1v) is 11.9. The van der Waals surface area contributed by atoms with Gasteiger partial charge in [0.15, 0.2) is 11.5 Å². The molecule has 4 rings (SSSR count). The first-order chi connectivity index (χ1) is 17.5. The Kier molecular flexibility index (Phi) is 7.80. The Hall–Kier alpha value is -3.97. The highest BCUT2D eigenvalue weighted by Crippen LogP contribution is 2.39. The second-order valence-electron chi connectivity index (χ2n) is 8.58. The Bertz CT molecular complexity index is 1380. The number of para-hydroxylation sites is 1. The second kappa shape index (κ2) is 11.2. The molecule has 0 aliphatic carbocycles. The molecule has 4 aromatic rings. The molecule has 1 aromatic heterocycles. The van der Waals surface area contributed by atoms with Gasteiger partial charge in [-0.1, -0.05) is 48.5 Å². The number of methoxy groups -OCH3 is 3. The van der Waals surface area contributed by atoms with Gasteiger partial charge in [0.1, 0.15) is 5.69 Å². The molecule has 0 spiro atoms. The summed E-state index contributed by atoms with van der Waals surface area (Å²) in [4.78, 5) is 12.5. The molecule has 0 radical (unpaired) electrons. The number of nitrogens with one attached hydrogen (secondary N) is 1. The van der Waals surface area contributed by atoms with Crippen LogP contribution in [0, 0.1) is 6.92 Å². The summed E-state index contributed by atoms with van der Waals surface area (Å²) in [7, 11) is 4.79. The summed E-state index contributed by atoms with van der Waals surface area (Å²) in [6.07, 6.45) is 0.674. The molecule has 36 heavy (non-hydrogen) atoms. The van der Waals surface area contributed by atoms with Crippen molar-refractivity contribution in [3.8, 4) is 17.2 Å². The van der Waals surface area contributed by atoms with Gasteiger partial charge in [-0.2, -0.15) is 0 Å². The van der Waals surface area contributed by atoms with Crippen LogP contribution in [0.4, 0.5) is 0 Å². The number of hydrogen-bond acceptors (Lipinski definition) is 5. The van der Waals surface area contributed by atoms with Crippen molar-refractivity contribution in [2.45, 2.75) is 26.4 Å². The molecular weight excluding hydrogens is 456 g/mol. The summed E-state index contributed by atoms with van der Waals surface area (Å²) in [5.41, 5.74) is 5.22. The topological polar surface area (TPSA) is 82.0 Å². The molecule has 7 nitrogen and oxygen atoms in total. The van der Waals surface area contributed by atoms with Gasteiger partial charge in [0.25, 0.3) is 0 Å². The van der Waals surface area contributed by atoms with Crippen LogP contribution in [0.1, 0.15) is 32.7 Å². The summed E-state index contributed by atoms with van der Waals surface area (Å²) in [5.74, 6) is 0.876. The van der Waals surface area contributed by atoms with Gasteiger partial charge in [0.05, 0.1) is 21.3 Å². The summed E-state index contributed by atoms with van der Waals surface area (Å²) >= 11 is 0. The van der Waals surface area contributed by atoms with Crippen molar-refractivity contribution >= 4 is 16.9 Å². The van der Waals surface area contributed by atoms with Gasteiger partial charge in [0.2, 0.25) is 5.75 Å². The van der Waals surface area contributed by atoms with Gasteiger partial charge in [-0.25, -0.2) is 4.79 Å². The molecule has 1 heterocycles. The number of carboxylic acid groups (broad SMARTS) is 1. The second-order valence-corrected chi connectivity index (χ2v) is 8.58. The zero-order valence-corrected chi connectivity index (χ0v) is 21.1. The van der Waals surface area contributed by atoms with Crippen LogP contribution >= 0.6 is 0 Å². The Morgan fingerprint density at radius 2 is 1.61 bits per heavy atom. The van der Waals surface area contributed by atoms with Crippen molar-refractivity contribution in [2.75, 3.05) is 27.9 Å². The molecule has 7 heteroatoms. The Morgan fingerprint density at radius 3 is 2.31 bits per heavy atom. The highest BCUT2D eigenvalue weighted by Gasteiger charge is 2.22. The molecular formula is C29H32N2O5. The Labute approximate surface area is 211 Å². The molecule has 188 valence electrons. The summed E-state index contributed by atoms with van der Waals surface area (Å²) < 4.78 is 18.4. The van der Waals surface area contributed by atoms with Gasteiger partial charge in [-0.15, -0.1) is 0 Å². The number of carbonyl (C=O) groups is 1. The Balaban J connectivity index is 1.59. The predicted octanol–water partition coefficient (Wildman–Crippen LogP) is 5.05. The van der Waals surface area contributed by atoms with Crippen LogP contribution < -0.4 is 19.5 Å². The molecule has 0 unspecified atom stereocenters. The predicted molar refractivity (Wildman–Crippen MR) is 141 cm³/mol. The SMILES string of the molecule is COc1ccc(CCNCc2c(C(=O)O)n(Cc3ccccc3C)c3ccccc23)c(OC)c1OC. The number of carboxylic acids is 1. The van der Waals surface area contributed by atoms with Gasteiger partial charge in [0, 0.05) is 29.6 Å². The Morgan fingerprint density at radius 1 is 0.889 bits per heavy atom. The lowest BCUT2D eigenvalue weighted by Gasteiger charge is -2.16. The van der Waals surface area contributed by atoms with Crippen molar-refractivity contribution in [2.24, 2.45) is 0 Å². The van der Waals surface area contributed by atoms with Crippen molar-refractivity contribution in [3.05, 3.63) is 88.6 Å². The molecule has 0 saturated carbocycles. The van der Waals surface area contributed by atoms with Gasteiger partial charge >= 0.3 is 5.97 Å². The molecule has 0 atom stereocenters. The number of aryl methyl sites for hydroxylation is 1. The number of aromatic nitrogens is 1. The van der Waals surface area contributed by atoms with E-state index in [0.29, 0.717) is 49.0 Å². The zero-order chi connectivity index (χ0) is 25.7. The number of benzene rings is 3.